The molecule has 4 atom stereocenters. The summed E-state index contributed by atoms with van der Waals surface area (Å²) in [6, 6.07) is 8.55. The Balaban J connectivity index is 0.00000133. The Kier molecular flexibility index (Phi) is 4.16. The lowest BCUT2D eigenvalue weighted by Gasteiger charge is -2.13. The highest BCUT2D eigenvalue weighted by atomic mass is 35.5. The third-order valence-electron chi connectivity index (χ3n) is 4.28. The summed E-state index contributed by atoms with van der Waals surface area (Å²) in [5.41, 5.74) is 8.72. The average Bonchev–Trinajstić information content (AvgIpc) is 2.88. The number of carbonyl (C=O) groups excluding carboxylic acids is 1. The molecule has 1 saturated carbocycles. The van der Waals surface area contributed by atoms with Crippen LogP contribution < -0.4 is 11.1 Å². The predicted molar refractivity (Wildman–Crippen MR) is 78.4 cm³/mol. The summed E-state index contributed by atoms with van der Waals surface area (Å²) in [5, 5.41) is 3.12. The summed E-state index contributed by atoms with van der Waals surface area (Å²) >= 11 is 0. The molecule has 1 fully saturated rings. The van der Waals surface area contributed by atoms with Crippen molar-refractivity contribution >= 4 is 18.3 Å². The number of hydrogen-bond acceptors (Lipinski definition) is 2. The molecular weight excluding hydrogens is 260 g/mol. The first-order valence-electron chi connectivity index (χ1n) is 6.86. The van der Waals surface area contributed by atoms with Crippen LogP contribution >= 0.6 is 12.4 Å². The molecule has 0 saturated heterocycles. The Labute approximate surface area is 120 Å². The van der Waals surface area contributed by atoms with Crippen molar-refractivity contribution in [2.75, 3.05) is 0 Å². The molecule has 19 heavy (non-hydrogen) atoms. The first-order valence-corrected chi connectivity index (χ1v) is 6.86. The van der Waals surface area contributed by atoms with Crippen LogP contribution in [0.15, 0.2) is 24.3 Å². The lowest BCUT2D eigenvalue weighted by Crippen LogP contribution is -2.42. The normalized spacial score (nSPS) is 27.8. The highest BCUT2D eigenvalue weighted by molar-refractivity contribution is 5.85. The molecular formula is C15H21ClN2O. The maximum Gasteiger partial charge on any atom is 0.237 e. The van der Waals surface area contributed by atoms with Crippen LogP contribution in [0.5, 0.6) is 0 Å². The van der Waals surface area contributed by atoms with Crippen LogP contribution in [0.1, 0.15) is 36.8 Å². The van der Waals surface area contributed by atoms with Gasteiger partial charge in [-0.1, -0.05) is 37.6 Å². The van der Waals surface area contributed by atoms with Gasteiger partial charge < -0.3 is 11.1 Å². The van der Waals surface area contributed by atoms with E-state index in [1.165, 1.54) is 11.1 Å². The number of amides is 1. The smallest absolute Gasteiger partial charge is 0.237 e. The number of rotatable bonds is 4. The number of fused-ring (bicyclic) bond motifs is 3. The van der Waals surface area contributed by atoms with Crippen molar-refractivity contribution < 1.29 is 4.79 Å². The highest BCUT2D eigenvalue weighted by Gasteiger charge is 2.56. The van der Waals surface area contributed by atoms with Gasteiger partial charge in [0.15, 0.2) is 0 Å². The van der Waals surface area contributed by atoms with Gasteiger partial charge in [0.1, 0.15) is 0 Å². The van der Waals surface area contributed by atoms with E-state index in [1.54, 1.807) is 0 Å². The predicted octanol–water partition coefficient (Wildman–Crippen LogP) is 1.99. The first kappa shape index (κ1) is 14.4. The zero-order valence-corrected chi connectivity index (χ0v) is 12.0. The van der Waals surface area contributed by atoms with E-state index in [0.29, 0.717) is 17.9 Å². The van der Waals surface area contributed by atoms with Gasteiger partial charge in [-0.2, -0.15) is 0 Å². The molecule has 3 N–H and O–H groups in total. The van der Waals surface area contributed by atoms with Gasteiger partial charge in [0.05, 0.1) is 6.04 Å². The van der Waals surface area contributed by atoms with Gasteiger partial charge in [-0.3, -0.25) is 4.79 Å². The van der Waals surface area contributed by atoms with E-state index in [0.717, 1.165) is 19.3 Å². The van der Waals surface area contributed by atoms with Crippen LogP contribution in [-0.2, 0) is 11.2 Å². The molecule has 1 amide bonds. The second-order valence-corrected chi connectivity index (χ2v) is 5.52. The van der Waals surface area contributed by atoms with Crippen molar-refractivity contribution in [3.05, 3.63) is 35.4 Å². The maximum atomic E-state index is 11.9. The summed E-state index contributed by atoms with van der Waals surface area (Å²) in [7, 11) is 0. The molecule has 0 radical (unpaired) electrons. The maximum absolute atomic E-state index is 11.9. The zero-order valence-electron chi connectivity index (χ0n) is 11.1. The third kappa shape index (κ3) is 2.49. The second kappa shape index (κ2) is 5.51. The molecule has 4 heteroatoms. The first-order chi connectivity index (χ1) is 8.72. The number of nitrogens with one attached hydrogen (secondary N) is 1. The van der Waals surface area contributed by atoms with Crippen molar-refractivity contribution in [3.63, 3.8) is 0 Å². The molecule has 2 aliphatic carbocycles. The molecule has 104 valence electrons. The number of nitrogens with two attached hydrogens (primary N) is 1. The number of carbonyl (C=O) groups is 1. The van der Waals surface area contributed by atoms with E-state index in [4.69, 9.17) is 5.73 Å². The Hall–Kier alpha value is -1.06. The van der Waals surface area contributed by atoms with Gasteiger partial charge in [0, 0.05) is 12.0 Å². The van der Waals surface area contributed by atoms with E-state index >= 15 is 0 Å². The molecule has 0 spiro atoms. The topological polar surface area (TPSA) is 55.1 Å². The molecule has 1 aromatic carbocycles. The standard InChI is InChI=1S/C15H20N2O.ClH/c1-2-5-12(16)15(18)17-14-11-8-9-6-3-4-7-10(9)13(11)14;/h3-4,6-7,11-14H,2,5,8,16H2,1H3,(H,17,18);1H. The van der Waals surface area contributed by atoms with E-state index in [9.17, 15) is 4.79 Å². The molecule has 4 unspecified atom stereocenters. The summed E-state index contributed by atoms with van der Waals surface area (Å²) in [6.45, 7) is 2.05. The minimum atomic E-state index is -0.341. The monoisotopic (exact) mass is 280 g/mol. The van der Waals surface area contributed by atoms with Crippen LogP contribution in [0, 0.1) is 5.92 Å². The number of hydrogen-bond donors (Lipinski definition) is 2. The summed E-state index contributed by atoms with van der Waals surface area (Å²) < 4.78 is 0. The summed E-state index contributed by atoms with van der Waals surface area (Å²) in [6.07, 6.45) is 2.83. The summed E-state index contributed by atoms with van der Waals surface area (Å²) in [4.78, 5) is 11.9. The van der Waals surface area contributed by atoms with Crippen molar-refractivity contribution in [2.24, 2.45) is 11.7 Å². The SMILES string of the molecule is CCCC(N)C(=O)NC1C2Cc3ccccc3C21.Cl. The molecule has 2 aliphatic rings. The molecule has 0 aliphatic heterocycles. The Bertz CT molecular complexity index is 477. The Morgan fingerprint density at radius 2 is 2.21 bits per heavy atom. The van der Waals surface area contributed by atoms with Crippen LogP contribution in [0.3, 0.4) is 0 Å². The van der Waals surface area contributed by atoms with Gasteiger partial charge in [0.25, 0.3) is 0 Å². The number of benzene rings is 1. The van der Waals surface area contributed by atoms with Crippen molar-refractivity contribution in [1.82, 2.24) is 5.32 Å². The van der Waals surface area contributed by atoms with E-state index in [-0.39, 0.29) is 24.4 Å². The Morgan fingerprint density at radius 3 is 2.95 bits per heavy atom. The summed E-state index contributed by atoms with van der Waals surface area (Å²) in [5.74, 6) is 1.17. The van der Waals surface area contributed by atoms with Crippen molar-refractivity contribution in [1.29, 1.82) is 0 Å². The zero-order chi connectivity index (χ0) is 12.7. The van der Waals surface area contributed by atoms with E-state index in [1.807, 2.05) is 0 Å². The minimum absolute atomic E-state index is 0. The quantitative estimate of drug-likeness (QED) is 0.886. The molecule has 0 aromatic heterocycles. The van der Waals surface area contributed by atoms with Crippen LogP contribution in [-0.4, -0.2) is 18.0 Å². The third-order valence-corrected chi connectivity index (χ3v) is 4.28. The van der Waals surface area contributed by atoms with E-state index in [2.05, 4.69) is 36.5 Å². The van der Waals surface area contributed by atoms with Gasteiger partial charge in [-0.15, -0.1) is 12.4 Å². The van der Waals surface area contributed by atoms with Crippen LogP contribution in [0.4, 0.5) is 0 Å². The number of halogens is 1. The van der Waals surface area contributed by atoms with Crippen molar-refractivity contribution in [2.45, 2.75) is 44.2 Å². The minimum Gasteiger partial charge on any atom is -0.351 e. The lowest BCUT2D eigenvalue weighted by molar-refractivity contribution is -0.122. The average molecular weight is 281 g/mol. The highest BCUT2D eigenvalue weighted by Crippen LogP contribution is 2.56. The van der Waals surface area contributed by atoms with Crippen molar-refractivity contribution in [3.8, 4) is 0 Å². The Morgan fingerprint density at radius 1 is 1.47 bits per heavy atom. The van der Waals surface area contributed by atoms with E-state index < -0.39 is 0 Å². The lowest BCUT2D eigenvalue weighted by atomic mass is 10.0. The fraction of sp³-hybridized carbons (Fsp3) is 0.533. The molecule has 0 heterocycles. The second-order valence-electron chi connectivity index (χ2n) is 5.52. The fourth-order valence-electron chi connectivity index (χ4n) is 3.26. The molecule has 0 bridgehead atoms. The van der Waals surface area contributed by atoms with Crippen LogP contribution in [0.2, 0.25) is 0 Å². The molecule has 3 rings (SSSR count). The van der Waals surface area contributed by atoms with Gasteiger partial charge >= 0.3 is 0 Å². The van der Waals surface area contributed by atoms with Gasteiger partial charge in [-0.25, -0.2) is 0 Å². The molecule has 3 nitrogen and oxygen atoms in total. The largest absolute Gasteiger partial charge is 0.351 e. The van der Waals surface area contributed by atoms with Crippen LogP contribution in [0.25, 0.3) is 0 Å². The molecule has 1 aromatic rings. The fourth-order valence-corrected chi connectivity index (χ4v) is 3.26. The van der Waals surface area contributed by atoms with Gasteiger partial charge in [0.2, 0.25) is 5.91 Å². The van der Waals surface area contributed by atoms with Gasteiger partial charge in [-0.05, 0) is 29.9 Å².